The average Bonchev–Trinajstić information content (AvgIpc) is 2.55. The highest BCUT2D eigenvalue weighted by Crippen LogP contribution is 2.11. The summed E-state index contributed by atoms with van der Waals surface area (Å²) in [5.41, 5.74) is 0.704. The van der Waals surface area contributed by atoms with E-state index >= 15 is 0 Å². The summed E-state index contributed by atoms with van der Waals surface area (Å²) >= 11 is 0. The molecule has 0 aliphatic rings. The van der Waals surface area contributed by atoms with Gasteiger partial charge in [-0.15, -0.1) is 0 Å². The number of carbonyl (C=O) groups is 3. The minimum Gasteiger partial charge on any atom is -0.480 e. The van der Waals surface area contributed by atoms with Gasteiger partial charge in [-0.05, 0) is 29.7 Å². The van der Waals surface area contributed by atoms with Crippen molar-refractivity contribution in [1.82, 2.24) is 10.6 Å². The zero-order valence-corrected chi connectivity index (χ0v) is 15.1. The Balaban J connectivity index is 2.69. The fraction of sp³-hybridized carbons (Fsp3) is 0.500. The molecule has 0 bridgehead atoms. The number of methoxy groups -OCH3 is 1. The Labute approximate surface area is 147 Å². The fourth-order valence-corrected chi connectivity index (χ4v) is 1.96. The first kappa shape index (κ1) is 20.6. The van der Waals surface area contributed by atoms with Gasteiger partial charge in [0.05, 0.1) is 0 Å². The van der Waals surface area contributed by atoms with Gasteiger partial charge >= 0.3 is 5.97 Å². The number of ether oxygens (including phenoxy) is 1. The van der Waals surface area contributed by atoms with Crippen LogP contribution in [0.4, 0.5) is 0 Å². The standard InChI is InChI=1S/C18H26N2O5/c1-18(2,3)11-19-15(21)12-5-7-13(8-6-12)16(22)20-14(17(23)24)9-10-25-4/h5-8,14H,9-11H2,1-4H3,(H,19,21)(H,20,22)(H,23,24). The smallest absolute Gasteiger partial charge is 0.326 e. The number of hydrogen-bond donors (Lipinski definition) is 3. The predicted molar refractivity (Wildman–Crippen MR) is 93.6 cm³/mol. The number of rotatable bonds is 8. The van der Waals surface area contributed by atoms with Crippen molar-refractivity contribution in [3.63, 3.8) is 0 Å². The average molecular weight is 350 g/mol. The summed E-state index contributed by atoms with van der Waals surface area (Å²) in [7, 11) is 1.46. The second-order valence-electron chi connectivity index (χ2n) is 6.97. The lowest BCUT2D eigenvalue weighted by Gasteiger charge is -2.18. The lowest BCUT2D eigenvalue weighted by Crippen LogP contribution is -2.41. The van der Waals surface area contributed by atoms with Gasteiger partial charge in [-0.25, -0.2) is 4.79 Å². The predicted octanol–water partition coefficient (Wildman–Crippen LogP) is 1.68. The maximum Gasteiger partial charge on any atom is 0.326 e. The number of nitrogens with one attached hydrogen (secondary N) is 2. The van der Waals surface area contributed by atoms with Gasteiger partial charge in [-0.3, -0.25) is 9.59 Å². The number of amides is 2. The minimum absolute atomic E-state index is 0.0243. The molecule has 0 aliphatic heterocycles. The molecule has 7 heteroatoms. The highest BCUT2D eigenvalue weighted by atomic mass is 16.5. The van der Waals surface area contributed by atoms with Crippen molar-refractivity contribution in [3.05, 3.63) is 35.4 Å². The molecule has 2 amide bonds. The van der Waals surface area contributed by atoms with Gasteiger partial charge in [0.15, 0.2) is 0 Å². The Morgan fingerprint density at radius 1 is 1.08 bits per heavy atom. The van der Waals surface area contributed by atoms with E-state index in [0.717, 1.165) is 0 Å². The first-order valence-electron chi connectivity index (χ1n) is 8.05. The van der Waals surface area contributed by atoms with E-state index in [4.69, 9.17) is 9.84 Å². The van der Waals surface area contributed by atoms with Crippen LogP contribution in [0.25, 0.3) is 0 Å². The molecule has 3 N–H and O–H groups in total. The Morgan fingerprint density at radius 2 is 1.60 bits per heavy atom. The van der Waals surface area contributed by atoms with Crippen LogP contribution in [-0.4, -0.2) is 49.2 Å². The zero-order valence-electron chi connectivity index (χ0n) is 15.1. The van der Waals surface area contributed by atoms with Crippen LogP contribution >= 0.6 is 0 Å². The van der Waals surface area contributed by atoms with E-state index in [1.807, 2.05) is 20.8 Å². The van der Waals surface area contributed by atoms with Crippen molar-refractivity contribution in [2.24, 2.45) is 5.41 Å². The first-order valence-corrected chi connectivity index (χ1v) is 8.05. The minimum atomic E-state index is -1.12. The van der Waals surface area contributed by atoms with Crippen LogP contribution in [0, 0.1) is 5.41 Å². The molecule has 0 fully saturated rings. The number of carboxylic acids is 1. The molecule has 1 atom stereocenters. The molecule has 0 aromatic heterocycles. The van der Waals surface area contributed by atoms with Crippen molar-refractivity contribution in [3.8, 4) is 0 Å². The summed E-state index contributed by atoms with van der Waals surface area (Å²) in [6.45, 7) is 6.81. The normalized spacial score (nSPS) is 12.3. The molecule has 138 valence electrons. The van der Waals surface area contributed by atoms with Gasteiger partial charge in [0.25, 0.3) is 11.8 Å². The Bertz CT molecular complexity index is 605. The molecule has 7 nitrogen and oxygen atoms in total. The van der Waals surface area contributed by atoms with Crippen LogP contribution in [0.1, 0.15) is 47.9 Å². The quantitative estimate of drug-likeness (QED) is 0.662. The highest BCUT2D eigenvalue weighted by molar-refractivity contribution is 5.99. The summed E-state index contributed by atoms with van der Waals surface area (Å²) in [5, 5.41) is 14.4. The molecule has 0 spiro atoms. The maximum absolute atomic E-state index is 12.1. The maximum atomic E-state index is 12.1. The van der Waals surface area contributed by atoms with E-state index in [1.165, 1.54) is 31.4 Å². The van der Waals surface area contributed by atoms with Crippen molar-refractivity contribution >= 4 is 17.8 Å². The molecule has 0 radical (unpaired) electrons. The Morgan fingerprint density at radius 3 is 2.04 bits per heavy atom. The fourth-order valence-electron chi connectivity index (χ4n) is 1.96. The molecule has 0 aliphatic carbocycles. The van der Waals surface area contributed by atoms with Crippen molar-refractivity contribution in [1.29, 1.82) is 0 Å². The van der Waals surface area contributed by atoms with Crippen LogP contribution < -0.4 is 10.6 Å². The van der Waals surface area contributed by atoms with Gasteiger partial charge in [-0.1, -0.05) is 20.8 Å². The van der Waals surface area contributed by atoms with E-state index in [1.54, 1.807) is 0 Å². The van der Waals surface area contributed by atoms with Crippen LogP contribution in [-0.2, 0) is 9.53 Å². The molecule has 0 heterocycles. The molecule has 0 saturated heterocycles. The highest BCUT2D eigenvalue weighted by Gasteiger charge is 2.20. The monoisotopic (exact) mass is 350 g/mol. The summed E-state index contributed by atoms with van der Waals surface area (Å²) in [6.07, 6.45) is 0.171. The second kappa shape index (κ2) is 9.17. The van der Waals surface area contributed by atoms with Crippen LogP contribution in [0.5, 0.6) is 0 Å². The summed E-state index contributed by atoms with van der Waals surface area (Å²) in [4.78, 5) is 35.3. The molecule has 1 aromatic carbocycles. The molecule has 25 heavy (non-hydrogen) atoms. The van der Waals surface area contributed by atoms with Gasteiger partial charge in [0.1, 0.15) is 6.04 Å². The number of hydrogen-bond acceptors (Lipinski definition) is 4. The molecule has 1 unspecified atom stereocenters. The lowest BCUT2D eigenvalue weighted by atomic mass is 9.97. The molecule has 1 rings (SSSR count). The van der Waals surface area contributed by atoms with E-state index in [-0.39, 0.29) is 29.9 Å². The number of aliphatic carboxylic acids is 1. The molecule has 1 aromatic rings. The third-order valence-corrected chi connectivity index (χ3v) is 3.40. The summed E-state index contributed by atoms with van der Waals surface area (Å²) in [6, 6.07) is 5.05. The molecule has 0 saturated carbocycles. The van der Waals surface area contributed by atoms with E-state index < -0.39 is 17.9 Å². The Kier molecular flexibility index (Phi) is 7.57. The lowest BCUT2D eigenvalue weighted by molar-refractivity contribution is -0.139. The van der Waals surface area contributed by atoms with Gasteiger partial charge in [-0.2, -0.15) is 0 Å². The summed E-state index contributed by atoms with van der Waals surface area (Å²) < 4.78 is 4.84. The first-order chi connectivity index (χ1) is 11.6. The topological polar surface area (TPSA) is 105 Å². The molecular weight excluding hydrogens is 324 g/mol. The largest absolute Gasteiger partial charge is 0.480 e. The molecular formula is C18H26N2O5. The Hall–Kier alpha value is -2.41. The van der Waals surface area contributed by atoms with Crippen molar-refractivity contribution < 1.29 is 24.2 Å². The van der Waals surface area contributed by atoms with E-state index in [9.17, 15) is 14.4 Å². The number of carboxylic acid groups (broad SMARTS) is 1. The third kappa shape index (κ3) is 7.34. The van der Waals surface area contributed by atoms with E-state index in [0.29, 0.717) is 12.1 Å². The van der Waals surface area contributed by atoms with Crippen molar-refractivity contribution in [2.45, 2.75) is 33.2 Å². The van der Waals surface area contributed by atoms with Crippen LogP contribution in [0.15, 0.2) is 24.3 Å². The second-order valence-corrected chi connectivity index (χ2v) is 6.97. The van der Waals surface area contributed by atoms with E-state index in [2.05, 4.69) is 10.6 Å². The van der Waals surface area contributed by atoms with Crippen LogP contribution in [0.3, 0.4) is 0 Å². The summed E-state index contributed by atoms with van der Waals surface area (Å²) in [5.74, 6) is -1.85. The van der Waals surface area contributed by atoms with Crippen LogP contribution in [0.2, 0.25) is 0 Å². The van der Waals surface area contributed by atoms with Gasteiger partial charge in [0.2, 0.25) is 0 Å². The third-order valence-electron chi connectivity index (χ3n) is 3.40. The van der Waals surface area contributed by atoms with Crippen molar-refractivity contribution in [2.75, 3.05) is 20.3 Å². The number of carbonyl (C=O) groups excluding carboxylic acids is 2. The SMILES string of the molecule is COCCC(NC(=O)c1ccc(C(=O)NCC(C)(C)C)cc1)C(=O)O. The van der Waals surface area contributed by atoms with Gasteiger partial charge < -0.3 is 20.5 Å². The van der Waals surface area contributed by atoms with Gasteiger partial charge in [0, 0.05) is 37.8 Å². The number of benzene rings is 1. The zero-order chi connectivity index (χ0) is 19.0.